The second kappa shape index (κ2) is 7.12. The molecule has 4 bridgehead atoms. The van der Waals surface area contributed by atoms with Gasteiger partial charge in [-0.25, -0.2) is 4.39 Å². The van der Waals surface area contributed by atoms with E-state index in [9.17, 15) is 13.2 Å². The van der Waals surface area contributed by atoms with Crippen LogP contribution in [-0.4, -0.2) is 38.0 Å². The van der Waals surface area contributed by atoms with Crippen LogP contribution < -0.4 is 5.32 Å². The molecule has 1 atom stereocenters. The normalized spacial score (nSPS) is 38.1. The average Bonchev–Trinajstić information content (AvgIpc) is 3.44. The van der Waals surface area contributed by atoms with Crippen LogP contribution in [0.1, 0.15) is 51.4 Å². The number of ether oxygens (including phenoxy) is 1. The molecule has 8 heteroatoms. The van der Waals surface area contributed by atoms with Gasteiger partial charge in [-0.15, -0.1) is 0 Å². The summed E-state index contributed by atoms with van der Waals surface area (Å²) in [6.07, 6.45) is 7.98. The van der Waals surface area contributed by atoms with Gasteiger partial charge in [-0.1, -0.05) is 11.6 Å². The van der Waals surface area contributed by atoms with Crippen molar-refractivity contribution in [2.24, 2.45) is 23.2 Å². The highest BCUT2D eigenvalue weighted by Gasteiger charge is 2.51. The van der Waals surface area contributed by atoms with Crippen molar-refractivity contribution in [1.29, 1.82) is 0 Å². The molecule has 158 valence electrons. The molecule has 0 spiro atoms. The van der Waals surface area contributed by atoms with Gasteiger partial charge in [-0.3, -0.25) is 4.79 Å². The minimum Gasteiger partial charge on any atom is -0.490 e. The highest BCUT2D eigenvalue weighted by Crippen LogP contribution is 2.60. The molecule has 5 nitrogen and oxygen atoms in total. The van der Waals surface area contributed by atoms with Crippen LogP contribution in [0, 0.1) is 23.2 Å². The van der Waals surface area contributed by atoms with Gasteiger partial charge in [0.05, 0.1) is 17.2 Å². The van der Waals surface area contributed by atoms with E-state index in [0.29, 0.717) is 6.61 Å². The number of carbonyl (C=O) groups is 1. The predicted molar refractivity (Wildman–Crippen MR) is 108 cm³/mol. The van der Waals surface area contributed by atoms with Crippen molar-refractivity contribution < 1.29 is 22.3 Å². The molecule has 5 saturated carbocycles. The molecule has 0 aromatic heterocycles. The molecule has 0 radical (unpaired) electrons. The fourth-order valence-electron chi connectivity index (χ4n) is 6.32. The quantitative estimate of drug-likeness (QED) is 0.664. The third kappa shape index (κ3) is 3.65. The van der Waals surface area contributed by atoms with Gasteiger partial charge in [-0.05, 0) is 75.2 Å². The zero-order valence-electron chi connectivity index (χ0n) is 16.1. The van der Waals surface area contributed by atoms with Crippen molar-refractivity contribution in [3.63, 3.8) is 0 Å². The van der Waals surface area contributed by atoms with Gasteiger partial charge in [0.25, 0.3) is 5.91 Å². The first-order valence-corrected chi connectivity index (χ1v) is 11.9. The Bertz CT molecular complexity index is 906. The maximum absolute atomic E-state index is 15.1. The van der Waals surface area contributed by atoms with E-state index in [1.807, 2.05) is 0 Å². The van der Waals surface area contributed by atoms with Crippen LogP contribution in [0.4, 0.5) is 4.39 Å². The average molecular weight is 442 g/mol. The molecule has 0 aromatic carbocycles. The van der Waals surface area contributed by atoms with Gasteiger partial charge in [0, 0.05) is 11.5 Å². The lowest BCUT2D eigenvalue weighted by atomic mass is 9.50. The molecule has 0 aromatic rings. The SMILES string of the molecule is O=C(NC1CC1)C1=CC(Cl)=C(OCC23CC4CC(CC(C4)C2)C3)C(=S(=O)=O)C1F. The summed E-state index contributed by atoms with van der Waals surface area (Å²) in [6, 6.07) is 0.0354. The second-order valence-corrected chi connectivity index (χ2v) is 11.0. The fraction of sp³-hybridized carbons (Fsp3) is 0.714. The van der Waals surface area contributed by atoms with E-state index in [-0.39, 0.29) is 27.8 Å². The van der Waals surface area contributed by atoms with Gasteiger partial charge in [0.2, 0.25) is 10.3 Å². The van der Waals surface area contributed by atoms with E-state index in [2.05, 4.69) is 5.32 Å². The first-order valence-electron chi connectivity index (χ1n) is 10.5. The van der Waals surface area contributed by atoms with Crippen molar-refractivity contribution in [3.8, 4) is 0 Å². The number of hydrogen-bond donors (Lipinski definition) is 1. The summed E-state index contributed by atoms with van der Waals surface area (Å²) in [5, 5.41) is 2.66. The van der Waals surface area contributed by atoms with Crippen LogP contribution in [0.3, 0.4) is 0 Å². The maximum atomic E-state index is 15.1. The number of carbonyl (C=O) groups excluding carboxylic acids is 1. The molecule has 0 heterocycles. The van der Waals surface area contributed by atoms with Crippen LogP contribution in [0.2, 0.25) is 0 Å². The van der Waals surface area contributed by atoms with Gasteiger partial charge in [-0.2, -0.15) is 8.42 Å². The lowest BCUT2D eigenvalue weighted by molar-refractivity contribution is -0.118. The van der Waals surface area contributed by atoms with Crippen molar-refractivity contribution in [1.82, 2.24) is 5.32 Å². The van der Waals surface area contributed by atoms with E-state index >= 15 is 4.39 Å². The molecule has 1 amide bonds. The smallest absolute Gasteiger partial charge is 0.250 e. The summed E-state index contributed by atoms with van der Waals surface area (Å²) < 4.78 is 44.7. The number of amides is 1. The standard InChI is InChI=1S/C21H25ClFNO4S/c22-16-6-15(20(25)24-14-1-2-14)17(23)19(29(26)27)18(16)28-10-21-7-11-3-12(8-21)5-13(4-11)9-21/h6,11-14,17H,1-5,7-10H2,(H,24,25). The zero-order valence-corrected chi connectivity index (χ0v) is 17.7. The predicted octanol–water partition coefficient (Wildman–Crippen LogP) is 3.28. The molecule has 29 heavy (non-hydrogen) atoms. The monoisotopic (exact) mass is 441 g/mol. The van der Waals surface area contributed by atoms with Crippen LogP contribution in [0.15, 0.2) is 22.4 Å². The number of allylic oxidation sites excluding steroid dienone is 3. The molecule has 0 aliphatic heterocycles. The summed E-state index contributed by atoms with van der Waals surface area (Å²) in [7, 11) is -2.88. The topological polar surface area (TPSA) is 72.5 Å². The van der Waals surface area contributed by atoms with Crippen molar-refractivity contribution in [3.05, 3.63) is 22.4 Å². The molecule has 6 aliphatic carbocycles. The molecule has 6 rings (SSSR count). The molecule has 6 aliphatic rings. The van der Waals surface area contributed by atoms with Crippen LogP contribution >= 0.6 is 11.6 Å². The van der Waals surface area contributed by atoms with Gasteiger partial charge < -0.3 is 10.1 Å². The number of rotatable bonds is 5. The van der Waals surface area contributed by atoms with E-state index in [0.717, 1.165) is 49.9 Å². The molecule has 0 saturated heterocycles. The van der Waals surface area contributed by atoms with Gasteiger partial charge >= 0.3 is 0 Å². The van der Waals surface area contributed by atoms with Crippen molar-refractivity contribution >= 4 is 32.7 Å². The molecule has 5 fully saturated rings. The first-order chi connectivity index (χ1) is 13.8. The van der Waals surface area contributed by atoms with Crippen molar-refractivity contribution in [2.45, 2.75) is 63.6 Å². The third-order valence-electron chi connectivity index (χ3n) is 7.27. The summed E-state index contributed by atoms with van der Waals surface area (Å²) in [5.41, 5.74) is -0.239. The highest BCUT2D eigenvalue weighted by molar-refractivity contribution is 7.73. The molecule has 1 unspecified atom stereocenters. The van der Waals surface area contributed by atoms with Crippen LogP contribution in [-0.2, 0) is 19.8 Å². The Labute approximate surface area is 176 Å². The Morgan fingerprint density at radius 2 is 1.76 bits per heavy atom. The fourth-order valence-corrected chi connectivity index (χ4v) is 7.26. The Morgan fingerprint density at radius 3 is 2.28 bits per heavy atom. The van der Waals surface area contributed by atoms with Gasteiger partial charge in [0.1, 0.15) is 0 Å². The molecule has 1 N–H and O–H groups in total. The summed E-state index contributed by atoms with van der Waals surface area (Å²) in [4.78, 5) is 11.7. The first kappa shape index (κ1) is 19.6. The minimum absolute atomic E-state index is 0.0243. The third-order valence-corrected chi connectivity index (χ3v) is 8.30. The largest absolute Gasteiger partial charge is 0.490 e. The van der Waals surface area contributed by atoms with Crippen LogP contribution in [0.25, 0.3) is 0 Å². The van der Waals surface area contributed by atoms with Gasteiger partial charge in [0.15, 0.2) is 16.8 Å². The van der Waals surface area contributed by atoms with E-state index < -0.39 is 27.2 Å². The molecular weight excluding hydrogens is 417 g/mol. The Morgan fingerprint density at radius 1 is 1.17 bits per heavy atom. The number of nitrogens with one attached hydrogen (secondary N) is 1. The maximum Gasteiger partial charge on any atom is 0.250 e. The Balaban J connectivity index is 1.39. The van der Waals surface area contributed by atoms with E-state index in [4.69, 9.17) is 16.3 Å². The van der Waals surface area contributed by atoms with E-state index in [1.165, 1.54) is 25.3 Å². The second-order valence-electron chi connectivity index (χ2n) is 9.69. The number of hydrogen-bond acceptors (Lipinski definition) is 4. The summed E-state index contributed by atoms with van der Waals surface area (Å²) >= 11 is 6.30. The Kier molecular flexibility index (Phi) is 4.81. The number of halogens is 2. The van der Waals surface area contributed by atoms with E-state index in [1.54, 1.807) is 0 Å². The lowest BCUT2D eigenvalue weighted by Gasteiger charge is -2.56. The number of alkyl halides is 1. The molecular formula is C21H25ClFNO4S. The summed E-state index contributed by atoms with van der Waals surface area (Å²) in [6.45, 7) is 0.354. The van der Waals surface area contributed by atoms with Crippen molar-refractivity contribution in [2.75, 3.05) is 6.61 Å². The zero-order chi connectivity index (χ0) is 20.3. The lowest BCUT2D eigenvalue weighted by Crippen LogP contribution is -2.48. The Hall–Kier alpha value is -1.34. The minimum atomic E-state index is -2.88. The summed E-state index contributed by atoms with van der Waals surface area (Å²) in [5.74, 6) is 1.44. The van der Waals surface area contributed by atoms with Crippen LogP contribution in [0.5, 0.6) is 0 Å². The highest BCUT2D eigenvalue weighted by atomic mass is 35.5.